The lowest BCUT2D eigenvalue weighted by Crippen LogP contribution is -2.48. The van der Waals surface area contributed by atoms with Crippen LogP contribution in [-0.2, 0) is 10.0 Å². The van der Waals surface area contributed by atoms with Gasteiger partial charge in [-0.3, -0.25) is 9.69 Å². The summed E-state index contributed by atoms with van der Waals surface area (Å²) >= 11 is 0. The molecule has 0 aromatic heterocycles. The number of piperazine rings is 1. The van der Waals surface area contributed by atoms with E-state index in [4.69, 9.17) is 0 Å². The van der Waals surface area contributed by atoms with Crippen molar-refractivity contribution in [3.63, 3.8) is 0 Å². The Balaban J connectivity index is 1.38. The molecule has 0 aliphatic carbocycles. The van der Waals surface area contributed by atoms with E-state index >= 15 is 0 Å². The summed E-state index contributed by atoms with van der Waals surface area (Å²) in [5.74, 6) is 0.468. The Morgan fingerprint density at radius 1 is 0.971 bits per heavy atom. The first-order valence-electron chi connectivity index (χ1n) is 12.2. The van der Waals surface area contributed by atoms with E-state index in [-0.39, 0.29) is 10.8 Å². The van der Waals surface area contributed by atoms with Gasteiger partial charge in [-0.1, -0.05) is 55.5 Å². The normalized spacial score (nSPS) is 19.1. The van der Waals surface area contributed by atoms with E-state index in [1.54, 1.807) is 22.5 Å². The average Bonchev–Trinajstić information content (AvgIpc) is 2.85. The lowest BCUT2D eigenvalue weighted by atomic mass is 10.0. The van der Waals surface area contributed by atoms with Crippen LogP contribution in [0, 0.1) is 12.8 Å². The van der Waals surface area contributed by atoms with E-state index in [9.17, 15) is 13.2 Å². The first kappa shape index (κ1) is 24.6. The van der Waals surface area contributed by atoms with Gasteiger partial charge in [-0.25, -0.2) is 8.42 Å². The van der Waals surface area contributed by atoms with Crippen LogP contribution in [0.2, 0.25) is 0 Å². The molecule has 0 radical (unpaired) electrons. The van der Waals surface area contributed by atoms with Gasteiger partial charge in [-0.05, 0) is 48.9 Å². The Bertz CT molecular complexity index is 1120. The molecule has 0 unspecified atom stereocenters. The lowest BCUT2D eigenvalue weighted by molar-refractivity contribution is 0.0649. The molecule has 6 nitrogen and oxygen atoms in total. The highest BCUT2D eigenvalue weighted by molar-refractivity contribution is 7.89. The Morgan fingerprint density at radius 2 is 1.65 bits per heavy atom. The maximum absolute atomic E-state index is 13.3. The molecule has 0 atom stereocenters. The molecule has 4 rings (SSSR count). The van der Waals surface area contributed by atoms with Crippen molar-refractivity contribution >= 4 is 22.0 Å². The summed E-state index contributed by atoms with van der Waals surface area (Å²) in [4.78, 5) is 17.7. The molecule has 2 saturated heterocycles. The lowest BCUT2D eigenvalue weighted by Gasteiger charge is -2.34. The third-order valence-electron chi connectivity index (χ3n) is 6.95. The third-order valence-corrected chi connectivity index (χ3v) is 8.85. The van der Waals surface area contributed by atoms with E-state index in [0.29, 0.717) is 37.7 Å². The number of amides is 1. The summed E-state index contributed by atoms with van der Waals surface area (Å²) in [7, 11) is -3.58. The van der Waals surface area contributed by atoms with Crippen molar-refractivity contribution in [3.05, 3.63) is 71.3 Å². The predicted molar refractivity (Wildman–Crippen MR) is 136 cm³/mol. The highest BCUT2D eigenvalue weighted by Crippen LogP contribution is 2.25. The summed E-state index contributed by atoms with van der Waals surface area (Å²) in [5, 5.41) is 0. The number of nitrogens with zero attached hydrogens (tertiary/aromatic N) is 3. The van der Waals surface area contributed by atoms with E-state index < -0.39 is 10.0 Å². The second-order valence-electron chi connectivity index (χ2n) is 9.47. The summed E-state index contributed by atoms with van der Waals surface area (Å²) in [6, 6.07) is 15.2. The molecular weight excluding hydrogens is 446 g/mol. The average molecular weight is 482 g/mol. The minimum Gasteiger partial charge on any atom is -0.336 e. The van der Waals surface area contributed by atoms with Crippen molar-refractivity contribution in [2.24, 2.45) is 5.92 Å². The van der Waals surface area contributed by atoms with Crippen LogP contribution >= 0.6 is 0 Å². The maximum Gasteiger partial charge on any atom is 0.254 e. The molecule has 2 aliphatic rings. The van der Waals surface area contributed by atoms with Crippen LogP contribution in [0.15, 0.2) is 59.5 Å². The zero-order valence-corrected chi connectivity index (χ0v) is 21.0. The van der Waals surface area contributed by atoms with Crippen molar-refractivity contribution in [2.75, 3.05) is 45.8 Å². The third kappa shape index (κ3) is 5.77. The zero-order valence-electron chi connectivity index (χ0n) is 20.2. The Labute approximate surface area is 203 Å². The largest absolute Gasteiger partial charge is 0.336 e. The molecule has 0 saturated carbocycles. The van der Waals surface area contributed by atoms with Gasteiger partial charge in [0.25, 0.3) is 5.91 Å². The van der Waals surface area contributed by atoms with Gasteiger partial charge in [-0.15, -0.1) is 0 Å². The van der Waals surface area contributed by atoms with Gasteiger partial charge < -0.3 is 4.90 Å². The van der Waals surface area contributed by atoms with Crippen molar-refractivity contribution in [1.29, 1.82) is 0 Å². The van der Waals surface area contributed by atoms with Crippen LogP contribution in [0.1, 0.15) is 41.3 Å². The van der Waals surface area contributed by atoms with Gasteiger partial charge in [0.05, 0.1) is 4.90 Å². The minimum atomic E-state index is -3.58. The molecule has 7 heteroatoms. The van der Waals surface area contributed by atoms with E-state index in [0.717, 1.165) is 38.0 Å². The zero-order chi connectivity index (χ0) is 24.1. The van der Waals surface area contributed by atoms with Crippen LogP contribution in [0.25, 0.3) is 6.08 Å². The van der Waals surface area contributed by atoms with E-state index in [1.807, 2.05) is 30.0 Å². The van der Waals surface area contributed by atoms with Crippen molar-refractivity contribution < 1.29 is 13.2 Å². The standard InChI is InChI=1S/C27H35N3O3S/c1-22-12-15-30(16-13-22)34(32,33)25-11-10-23(2)26(21-25)27(31)29-19-17-28(18-20-29)14-6-9-24-7-4-3-5-8-24/h3-11,21-22H,12-20H2,1-2H3/b9-6+. The fraction of sp³-hybridized carbons (Fsp3) is 0.444. The Morgan fingerprint density at radius 3 is 2.32 bits per heavy atom. The number of hydrogen-bond donors (Lipinski definition) is 0. The molecule has 2 heterocycles. The van der Waals surface area contributed by atoms with Gasteiger partial charge in [0, 0.05) is 51.4 Å². The van der Waals surface area contributed by atoms with E-state index in [1.165, 1.54) is 5.56 Å². The Hall–Kier alpha value is -2.48. The highest BCUT2D eigenvalue weighted by Gasteiger charge is 2.30. The van der Waals surface area contributed by atoms with Crippen molar-refractivity contribution in [3.8, 4) is 0 Å². The topological polar surface area (TPSA) is 60.9 Å². The number of sulfonamides is 1. The number of carbonyl (C=O) groups is 1. The second kappa shape index (κ2) is 10.8. The van der Waals surface area contributed by atoms with E-state index in [2.05, 4.69) is 36.1 Å². The van der Waals surface area contributed by atoms with Crippen LogP contribution < -0.4 is 0 Å². The monoisotopic (exact) mass is 481 g/mol. The number of carbonyl (C=O) groups excluding carboxylic acids is 1. The van der Waals surface area contributed by atoms with Gasteiger partial charge in [0.15, 0.2) is 0 Å². The fourth-order valence-electron chi connectivity index (χ4n) is 4.57. The smallest absolute Gasteiger partial charge is 0.254 e. The Kier molecular flexibility index (Phi) is 7.86. The van der Waals surface area contributed by atoms with Crippen LogP contribution in [0.5, 0.6) is 0 Å². The maximum atomic E-state index is 13.3. The molecule has 34 heavy (non-hydrogen) atoms. The quantitative estimate of drug-likeness (QED) is 0.628. The second-order valence-corrected chi connectivity index (χ2v) is 11.4. The number of piperidine rings is 1. The van der Waals surface area contributed by atoms with Crippen LogP contribution in [0.3, 0.4) is 0 Å². The molecule has 2 aromatic carbocycles. The van der Waals surface area contributed by atoms with Crippen LogP contribution in [0.4, 0.5) is 0 Å². The highest BCUT2D eigenvalue weighted by atomic mass is 32.2. The number of rotatable bonds is 6. The first-order valence-corrected chi connectivity index (χ1v) is 13.6. The van der Waals surface area contributed by atoms with Gasteiger partial charge >= 0.3 is 0 Å². The molecule has 2 aliphatic heterocycles. The molecule has 0 N–H and O–H groups in total. The van der Waals surface area contributed by atoms with Crippen LogP contribution in [-0.4, -0.2) is 74.2 Å². The summed E-state index contributed by atoms with van der Waals surface area (Å²) < 4.78 is 27.9. The molecule has 2 aromatic rings. The summed E-state index contributed by atoms with van der Waals surface area (Å²) in [6.07, 6.45) is 6.03. The van der Waals surface area contributed by atoms with Crippen molar-refractivity contribution in [1.82, 2.24) is 14.1 Å². The molecule has 1 amide bonds. The number of aryl methyl sites for hydroxylation is 1. The SMILES string of the molecule is Cc1ccc(S(=O)(=O)N2CCC(C)CC2)cc1C(=O)N1CCN(C/C=C/c2ccccc2)CC1. The molecule has 182 valence electrons. The summed E-state index contributed by atoms with van der Waals surface area (Å²) in [6.45, 7) is 8.84. The van der Waals surface area contributed by atoms with Gasteiger partial charge in [0.2, 0.25) is 10.0 Å². The molecule has 2 fully saturated rings. The number of benzene rings is 2. The van der Waals surface area contributed by atoms with Crippen molar-refractivity contribution in [2.45, 2.75) is 31.6 Å². The molecule has 0 bridgehead atoms. The predicted octanol–water partition coefficient (Wildman–Crippen LogP) is 3.89. The first-order chi connectivity index (χ1) is 16.3. The van der Waals surface area contributed by atoms with Gasteiger partial charge in [0.1, 0.15) is 0 Å². The minimum absolute atomic E-state index is 0.0821. The summed E-state index contributed by atoms with van der Waals surface area (Å²) in [5.41, 5.74) is 2.48. The van der Waals surface area contributed by atoms with Gasteiger partial charge in [-0.2, -0.15) is 4.31 Å². The fourth-order valence-corrected chi connectivity index (χ4v) is 6.07. The molecular formula is C27H35N3O3S. The number of hydrogen-bond acceptors (Lipinski definition) is 4. The molecule has 0 spiro atoms.